The number of nitrogens with zero attached hydrogens (tertiary/aromatic N) is 3. The first kappa shape index (κ1) is 15.5. The van der Waals surface area contributed by atoms with E-state index in [4.69, 9.17) is 10.5 Å². The van der Waals surface area contributed by atoms with Crippen LogP contribution in [0.3, 0.4) is 0 Å². The molecule has 3 heterocycles. The van der Waals surface area contributed by atoms with E-state index < -0.39 is 30.1 Å². The summed E-state index contributed by atoms with van der Waals surface area (Å²) in [6.45, 7) is 0.251. The fourth-order valence-corrected chi connectivity index (χ4v) is 2.84. The number of ether oxygens (including phenoxy) is 2. The lowest BCUT2D eigenvalue weighted by atomic mass is 10.1. The topological polar surface area (TPSA) is 154 Å². The molecule has 0 spiro atoms. The van der Waals surface area contributed by atoms with Gasteiger partial charge in [-0.25, -0.2) is 0 Å². The fourth-order valence-electron chi connectivity index (χ4n) is 2.84. The third-order valence-electron chi connectivity index (χ3n) is 3.89. The summed E-state index contributed by atoms with van der Waals surface area (Å²) in [6, 6.07) is 0. The number of aromatic amines is 1. The maximum absolute atomic E-state index is 12.0. The Morgan fingerprint density at radius 1 is 1.52 bits per heavy atom. The summed E-state index contributed by atoms with van der Waals surface area (Å²) in [5.74, 6) is 0.185. The van der Waals surface area contributed by atoms with Crippen LogP contribution in [0.5, 0.6) is 0 Å². The van der Waals surface area contributed by atoms with E-state index in [1.54, 1.807) is 11.9 Å². The second-order valence-electron chi connectivity index (χ2n) is 5.41. The predicted molar refractivity (Wildman–Crippen MR) is 77.7 cm³/mol. The molecule has 0 saturated carbocycles. The lowest BCUT2D eigenvalue weighted by Crippen LogP contribution is -2.45. The van der Waals surface area contributed by atoms with Gasteiger partial charge < -0.3 is 35.2 Å². The number of nitrogens with two attached hydrogens (primary N) is 1. The molecule has 0 bridgehead atoms. The Bertz CT molecular complexity index is 666. The van der Waals surface area contributed by atoms with Crippen LogP contribution in [0.2, 0.25) is 0 Å². The van der Waals surface area contributed by atoms with Crippen LogP contribution in [0, 0.1) is 0 Å². The molecule has 126 valence electrons. The molecule has 0 amide bonds. The van der Waals surface area contributed by atoms with Crippen molar-refractivity contribution in [1.29, 1.82) is 0 Å². The summed E-state index contributed by atoms with van der Waals surface area (Å²) in [4.78, 5) is 31.9. The zero-order chi connectivity index (χ0) is 16.7. The van der Waals surface area contributed by atoms with Gasteiger partial charge in [0.1, 0.15) is 30.6 Å². The van der Waals surface area contributed by atoms with Gasteiger partial charge >= 0.3 is 0 Å². The number of nitrogens with one attached hydrogen (secondary N) is 1. The van der Waals surface area contributed by atoms with Crippen molar-refractivity contribution in [2.24, 2.45) is 0 Å². The smallest absolute Gasteiger partial charge is 0.293 e. The average molecular weight is 327 g/mol. The van der Waals surface area contributed by atoms with Gasteiger partial charge in [0.15, 0.2) is 12.0 Å². The second-order valence-corrected chi connectivity index (χ2v) is 5.41. The Hall–Kier alpha value is -2.37. The Kier molecular flexibility index (Phi) is 3.83. The van der Waals surface area contributed by atoms with E-state index in [1.807, 2.05) is 0 Å². The van der Waals surface area contributed by atoms with Crippen LogP contribution in [0.25, 0.3) is 0 Å². The van der Waals surface area contributed by atoms with E-state index in [9.17, 15) is 19.8 Å². The summed E-state index contributed by atoms with van der Waals surface area (Å²) >= 11 is 0. The molecule has 11 heteroatoms. The minimum absolute atomic E-state index is 0.0667. The van der Waals surface area contributed by atoms with Crippen molar-refractivity contribution < 1.29 is 24.5 Å². The van der Waals surface area contributed by atoms with E-state index in [0.29, 0.717) is 0 Å². The number of hydrogen-bond donors (Lipinski definition) is 4. The van der Waals surface area contributed by atoms with Gasteiger partial charge in [0, 0.05) is 7.05 Å². The minimum Gasteiger partial charge on any atom is -0.465 e. The molecule has 0 aliphatic carbocycles. The van der Waals surface area contributed by atoms with Crippen molar-refractivity contribution in [2.45, 2.75) is 24.5 Å². The zero-order valence-corrected chi connectivity index (χ0v) is 12.2. The van der Waals surface area contributed by atoms with Gasteiger partial charge in [-0.2, -0.15) is 4.98 Å². The highest BCUT2D eigenvalue weighted by Crippen LogP contribution is 2.35. The van der Waals surface area contributed by atoms with Gasteiger partial charge in [-0.05, 0) is 0 Å². The molecule has 2 aliphatic heterocycles. The summed E-state index contributed by atoms with van der Waals surface area (Å²) in [5.41, 5.74) is 5.45. The number of carbonyl (C=O) groups excluding carboxylic acids is 1. The molecule has 4 atom stereocenters. The standard InChI is InChI=1S/C12H17N5O6/c1-16-3-17(9-6(16)10(21)15-12(13)14-9)11-8(20)7(19)5(23-11)2-22-4-18/h4-5,7-8,11,19-20H,2-3H2,1H3,(H3,13,14,15,21)/t5-,7-,8-,11-/m1/s1. The van der Waals surface area contributed by atoms with Crippen LogP contribution in [0.4, 0.5) is 17.5 Å². The highest BCUT2D eigenvalue weighted by atomic mass is 16.6. The summed E-state index contributed by atoms with van der Waals surface area (Å²) in [5, 5.41) is 20.2. The molecule has 1 aromatic rings. The third-order valence-corrected chi connectivity index (χ3v) is 3.89. The molecule has 11 nitrogen and oxygen atoms in total. The Balaban J connectivity index is 1.90. The highest BCUT2D eigenvalue weighted by molar-refractivity contribution is 5.72. The summed E-state index contributed by atoms with van der Waals surface area (Å²) in [7, 11) is 1.68. The molecule has 0 aromatic carbocycles. The Morgan fingerprint density at radius 2 is 2.26 bits per heavy atom. The van der Waals surface area contributed by atoms with Crippen LogP contribution in [-0.2, 0) is 14.3 Å². The number of aliphatic hydroxyl groups is 2. The van der Waals surface area contributed by atoms with Crippen molar-refractivity contribution in [2.75, 3.05) is 35.9 Å². The van der Waals surface area contributed by atoms with Gasteiger partial charge in [0.2, 0.25) is 5.95 Å². The number of aliphatic hydroxyl groups excluding tert-OH is 2. The quantitative estimate of drug-likeness (QED) is 0.426. The van der Waals surface area contributed by atoms with Crippen molar-refractivity contribution >= 4 is 23.9 Å². The van der Waals surface area contributed by atoms with Gasteiger partial charge in [0.05, 0.1) is 6.67 Å². The van der Waals surface area contributed by atoms with E-state index in [0.717, 1.165) is 0 Å². The van der Waals surface area contributed by atoms with Crippen molar-refractivity contribution in [1.82, 2.24) is 9.97 Å². The lowest BCUT2D eigenvalue weighted by molar-refractivity contribution is -0.134. The molecular formula is C12H17N5O6. The van der Waals surface area contributed by atoms with E-state index in [2.05, 4.69) is 14.7 Å². The van der Waals surface area contributed by atoms with Crippen LogP contribution in [-0.4, -0.2) is 71.5 Å². The molecule has 1 aromatic heterocycles. The van der Waals surface area contributed by atoms with Crippen LogP contribution >= 0.6 is 0 Å². The van der Waals surface area contributed by atoms with Gasteiger partial charge in [-0.1, -0.05) is 0 Å². The lowest BCUT2D eigenvalue weighted by Gasteiger charge is -2.27. The maximum atomic E-state index is 12.0. The minimum atomic E-state index is -1.27. The third kappa shape index (κ3) is 2.48. The van der Waals surface area contributed by atoms with Crippen LogP contribution < -0.4 is 21.1 Å². The van der Waals surface area contributed by atoms with Crippen molar-refractivity contribution in [3.05, 3.63) is 10.4 Å². The fraction of sp³-hybridized carbons (Fsp3) is 0.583. The molecule has 0 radical (unpaired) electrons. The average Bonchev–Trinajstić information content (AvgIpc) is 2.96. The number of nitrogen functional groups attached to an aromatic ring is 1. The Labute approximate surface area is 130 Å². The second kappa shape index (κ2) is 5.68. The largest absolute Gasteiger partial charge is 0.465 e. The molecule has 0 unspecified atom stereocenters. The summed E-state index contributed by atoms with van der Waals surface area (Å²) in [6.07, 6.45) is -4.35. The monoisotopic (exact) mass is 327 g/mol. The molecule has 5 N–H and O–H groups in total. The SMILES string of the molecule is CN1CN([C@@H]2O[C@H](COC=O)[C@@H](O)[C@H]2O)c2nc(N)[nH]c(=O)c21. The van der Waals surface area contributed by atoms with E-state index in [-0.39, 0.29) is 37.2 Å². The molecule has 2 aliphatic rings. The molecule has 1 saturated heterocycles. The van der Waals surface area contributed by atoms with Gasteiger partial charge in [0.25, 0.3) is 12.0 Å². The molecular weight excluding hydrogens is 310 g/mol. The number of fused-ring (bicyclic) bond motifs is 1. The molecule has 23 heavy (non-hydrogen) atoms. The van der Waals surface area contributed by atoms with Crippen molar-refractivity contribution in [3.8, 4) is 0 Å². The highest BCUT2D eigenvalue weighted by Gasteiger charge is 2.48. The number of anilines is 3. The molecule has 3 rings (SSSR count). The van der Waals surface area contributed by atoms with Crippen LogP contribution in [0.1, 0.15) is 0 Å². The van der Waals surface area contributed by atoms with Gasteiger partial charge in [-0.15, -0.1) is 0 Å². The van der Waals surface area contributed by atoms with Gasteiger partial charge in [-0.3, -0.25) is 14.6 Å². The van der Waals surface area contributed by atoms with Crippen molar-refractivity contribution in [3.63, 3.8) is 0 Å². The number of carbonyl (C=O) groups is 1. The Morgan fingerprint density at radius 3 is 2.96 bits per heavy atom. The number of rotatable bonds is 4. The number of H-pyrrole nitrogens is 1. The first-order chi connectivity index (χ1) is 10.9. The van der Waals surface area contributed by atoms with Crippen LogP contribution in [0.15, 0.2) is 4.79 Å². The van der Waals surface area contributed by atoms with E-state index in [1.165, 1.54) is 4.90 Å². The first-order valence-corrected chi connectivity index (χ1v) is 6.88. The number of hydrogen-bond acceptors (Lipinski definition) is 10. The molecule has 1 fully saturated rings. The predicted octanol–water partition coefficient (Wildman–Crippen LogP) is -2.81. The number of aromatic nitrogens is 2. The maximum Gasteiger partial charge on any atom is 0.293 e. The summed E-state index contributed by atoms with van der Waals surface area (Å²) < 4.78 is 10.2. The zero-order valence-electron chi connectivity index (χ0n) is 12.2. The van der Waals surface area contributed by atoms with E-state index >= 15 is 0 Å². The first-order valence-electron chi connectivity index (χ1n) is 6.88. The normalized spacial score (nSPS) is 29.7.